The molecule has 1 heterocycles. The number of benzene rings is 1. The number of ether oxygens (including phenoxy) is 1. The second kappa shape index (κ2) is 5.92. The maximum Gasteiger partial charge on any atom is 0.416 e. The van der Waals surface area contributed by atoms with E-state index in [1.165, 1.54) is 12.1 Å². The fraction of sp³-hybridized carbons (Fsp3) is 0.571. The lowest BCUT2D eigenvalue weighted by molar-refractivity contribution is -0.137. The van der Waals surface area contributed by atoms with Gasteiger partial charge in [-0.3, -0.25) is 0 Å². The van der Waals surface area contributed by atoms with Gasteiger partial charge in [0, 0.05) is 19.1 Å². The summed E-state index contributed by atoms with van der Waals surface area (Å²) >= 11 is 0. The Morgan fingerprint density at radius 1 is 1.37 bits per heavy atom. The molecule has 0 radical (unpaired) electrons. The van der Waals surface area contributed by atoms with E-state index in [1.54, 1.807) is 6.07 Å². The van der Waals surface area contributed by atoms with Gasteiger partial charge in [-0.1, -0.05) is 12.1 Å². The van der Waals surface area contributed by atoms with Crippen LogP contribution >= 0.6 is 0 Å². The van der Waals surface area contributed by atoms with Gasteiger partial charge in [0.15, 0.2) is 0 Å². The summed E-state index contributed by atoms with van der Waals surface area (Å²) in [5.74, 6) is 0.224. The van der Waals surface area contributed by atoms with Crippen LogP contribution in [0.15, 0.2) is 24.3 Å². The maximum atomic E-state index is 12.7. The first kappa shape index (κ1) is 14.3. The molecule has 2 nitrogen and oxygen atoms in total. The van der Waals surface area contributed by atoms with Crippen molar-refractivity contribution in [1.29, 1.82) is 0 Å². The summed E-state index contributed by atoms with van der Waals surface area (Å²) in [6.07, 6.45) is -2.62. The van der Waals surface area contributed by atoms with E-state index in [0.29, 0.717) is 12.2 Å². The molecule has 1 saturated heterocycles. The van der Waals surface area contributed by atoms with E-state index in [2.05, 4.69) is 5.32 Å². The van der Waals surface area contributed by atoms with Crippen molar-refractivity contribution in [1.82, 2.24) is 5.32 Å². The SMILES string of the molecule is CNCC1CCCOC1c1cccc(C(F)(F)F)c1. The van der Waals surface area contributed by atoms with Gasteiger partial charge >= 0.3 is 6.18 Å². The van der Waals surface area contributed by atoms with Crippen LogP contribution in [0.4, 0.5) is 13.2 Å². The zero-order valence-corrected chi connectivity index (χ0v) is 10.8. The first-order chi connectivity index (χ1) is 9.02. The third kappa shape index (κ3) is 3.48. The van der Waals surface area contributed by atoms with Gasteiger partial charge in [0.2, 0.25) is 0 Å². The molecule has 2 rings (SSSR count). The second-order valence-corrected chi connectivity index (χ2v) is 4.87. The van der Waals surface area contributed by atoms with Gasteiger partial charge in [0.1, 0.15) is 0 Å². The first-order valence-corrected chi connectivity index (χ1v) is 6.45. The largest absolute Gasteiger partial charge is 0.416 e. The lowest BCUT2D eigenvalue weighted by Crippen LogP contribution is -2.30. The molecule has 0 saturated carbocycles. The first-order valence-electron chi connectivity index (χ1n) is 6.45. The summed E-state index contributed by atoms with van der Waals surface area (Å²) in [6.45, 7) is 1.36. The number of alkyl halides is 3. The highest BCUT2D eigenvalue weighted by atomic mass is 19.4. The molecule has 5 heteroatoms. The van der Waals surface area contributed by atoms with Gasteiger partial charge in [-0.15, -0.1) is 0 Å². The number of halogens is 3. The normalized spacial score (nSPS) is 24.4. The molecule has 0 spiro atoms. The smallest absolute Gasteiger partial charge is 0.373 e. The lowest BCUT2D eigenvalue weighted by atomic mass is 9.89. The van der Waals surface area contributed by atoms with Crippen LogP contribution in [-0.2, 0) is 10.9 Å². The highest BCUT2D eigenvalue weighted by Gasteiger charge is 2.33. The summed E-state index contributed by atoms with van der Waals surface area (Å²) in [4.78, 5) is 0. The van der Waals surface area contributed by atoms with Crippen molar-refractivity contribution in [3.63, 3.8) is 0 Å². The standard InChI is InChI=1S/C14H18F3NO/c1-18-9-11-5-3-7-19-13(11)10-4-2-6-12(8-10)14(15,16)17/h2,4,6,8,11,13,18H,3,5,7,9H2,1H3. The Bertz CT molecular complexity index is 417. The molecular weight excluding hydrogens is 255 g/mol. The molecule has 1 aliphatic rings. The van der Waals surface area contributed by atoms with Gasteiger partial charge in [-0.2, -0.15) is 13.2 Å². The van der Waals surface area contributed by atoms with Gasteiger partial charge in [-0.05, 0) is 37.6 Å². The summed E-state index contributed by atoms with van der Waals surface area (Å²) in [5.41, 5.74) is 0.0113. The number of hydrogen-bond acceptors (Lipinski definition) is 2. The van der Waals surface area contributed by atoms with Crippen molar-refractivity contribution in [2.45, 2.75) is 25.1 Å². The monoisotopic (exact) mass is 273 g/mol. The van der Waals surface area contributed by atoms with Gasteiger partial charge in [0.25, 0.3) is 0 Å². The van der Waals surface area contributed by atoms with E-state index in [9.17, 15) is 13.2 Å². The highest BCUT2D eigenvalue weighted by Crippen LogP contribution is 2.36. The third-order valence-electron chi connectivity index (χ3n) is 3.45. The lowest BCUT2D eigenvalue weighted by Gasteiger charge is -2.32. The Balaban J connectivity index is 2.24. The summed E-state index contributed by atoms with van der Waals surface area (Å²) < 4.78 is 43.9. The minimum Gasteiger partial charge on any atom is -0.373 e. The fourth-order valence-electron chi connectivity index (χ4n) is 2.57. The number of hydrogen-bond donors (Lipinski definition) is 1. The molecular formula is C14H18F3NO. The fourth-order valence-corrected chi connectivity index (χ4v) is 2.57. The van der Waals surface area contributed by atoms with Crippen LogP contribution in [0.5, 0.6) is 0 Å². The third-order valence-corrected chi connectivity index (χ3v) is 3.45. The van der Waals surface area contributed by atoms with Crippen LogP contribution in [0.25, 0.3) is 0 Å². The molecule has 1 aromatic carbocycles. The molecule has 0 bridgehead atoms. The summed E-state index contributed by atoms with van der Waals surface area (Å²) in [6, 6.07) is 5.47. The zero-order chi connectivity index (χ0) is 13.9. The minimum absolute atomic E-state index is 0.224. The molecule has 0 aromatic heterocycles. The van der Waals surface area contributed by atoms with Crippen molar-refractivity contribution in [2.24, 2.45) is 5.92 Å². The molecule has 0 amide bonds. The highest BCUT2D eigenvalue weighted by molar-refractivity contribution is 5.28. The molecule has 106 valence electrons. The molecule has 1 aromatic rings. The van der Waals surface area contributed by atoms with Crippen molar-refractivity contribution >= 4 is 0 Å². The van der Waals surface area contributed by atoms with E-state index in [4.69, 9.17) is 4.74 Å². The van der Waals surface area contributed by atoms with E-state index in [0.717, 1.165) is 25.5 Å². The quantitative estimate of drug-likeness (QED) is 0.911. The second-order valence-electron chi connectivity index (χ2n) is 4.87. The zero-order valence-electron chi connectivity index (χ0n) is 10.8. The topological polar surface area (TPSA) is 21.3 Å². The van der Waals surface area contributed by atoms with Crippen molar-refractivity contribution in [3.05, 3.63) is 35.4 Å². The van der Waals surface area contributed by atoms with E-state index >= 15 is 0 Å². The Hall–Kier alpha value is -1.07. The van der Waals surface area contributed by atoms with Crippen LogP contribution in [0.3, 0.4) is 0 Å². The predicted octanol–water partition coefficient (Wildman–Crippen LogP) is 3.39. The van der Waals surface area contributed by atoms with Crippen LogP contribution < -0.4 is 5.32 Å². The Kier molecular flexibility index (Phi) is 4.47. The van der Waals surface area contributed by atoms with E-state index < -0.39 is 11.7 Å². The maximum absolute atomic E-state index is 12.7. The van der Waals surface area contributed by atoms with E-state index in [1.807, 2.05) is 7.05 Å². The molecule has 2 unspecified atom stereocenters. The Morgan fingerprint density at radius 3 is 2.84 bits per heavy atom. The van der Waals surface area contributed by atoms with Crippen LogP contribution in [0.2, 0.25) is 0 Å². The summed E-state index contributed by atoms with van der Waals surface area (Å²) in [5, 5.41) is 3.08. The summed E-state index contributed by atoms with van der Waals surface area (Å²) in [7, 11) is 1.85. The van der Waals surface area contributed by atoms with Crippen LogP contribution in [0.1, 0.15) is 30.1 Å². The molecule has 2 atom stereocenters. The van der Waals surface area contributed by atoms with Crippen molar-refractivity contribution < 1.29 is 17.9 Å². The molecule has 1 N–H and O–H groups in total. The Labute approximate surface area is 111 Å². The van der Waals surface area contributed by atoms with Crippen molar-refractivity contribution in [3.8, 4) is 0 Å². The van der Waals surface area contributed by atoms with E-state index in [-0.39, 0.29) is 12.0 Å². The average Bonchev–Trinajstić information content (AvgIpc) is 2.39. The van der Waals surface area contributed by atoms with Gasteiger partial charge < -0.3 is 10.1 Å². The van der Waals surface area contributed by atoms with Gasteiger partial charge in [-0.25, -0.2) is 0 Å². The van der Waals surface area contributed by atoms with Gasteiger partial charge in [0.05, 0.1) is 11.7 Å². The molecule has 1 aliphatic heterocycles. The number of rotatable bonds is 3. The van der Waals surface area contributed by atoms with Crippen LogP contribution in [-0.4, -0.2) is 20.2 Å². The minimum atomic E-state index is -4.30. The van der Waals surface area contributed by atoms with Crippen LogP contribution in [0, 0.1) is 5.92 Å². The molecule has 19 heavy (non-hydrogen) atoms. The Morgan fingerprint density at radius 2 is 2.16 bits per heavy atom. The molecule has 1 fully saturated rings. The predicted molar refractivity (Wildman–Crippen MR) is 66.8 cm³/mol. The number of nitrogens with one attached hydrogen (secondary N) is 1. The molecule has 0 aliphatic carbocycles. The van der Waals surface area contributed by atoms with Crippen molar-refractivity contribution in [2.75, 3.05) is 20.2 Å². The average molecular weight is 273 g/mol.